The fourth-order valence-corrected chi connectivity index (χ4v) is 2.98. The number of rotatable bonds is 7. The highest BCUT2D eigenvalue weighted by Crippen LogP contribution is 2.33. The molecular formula is C18H21NO3S. The van der Waals surface area contributed by atoms with Gasteiger partial charge in [-0.05, 0) is 30.7 Å². The predicted molar refractivity (Wildman–Crippen MR) is 94.7 cm³/mol. The van der Waals surface area contributed by atoms with Crippen molar-refractivity contribution < 1.29 is 14.3 Å². The van der Waals surface area contributed by atoms with Crippen LogP contribution in [-0.2, 0) is 4.79 Å². The van der Waals surface area contributed by atoms with Gasteiger partial charge in [0.25, 0.3) is 0 Å². The van der Waals surface area contributed by atoms with E-state index in [4.69, 9.17) is 9.47 Å². The predicted octanol–water partition coefficient (Wildman–Crippen LogP) is 4.13. The molecule has 0 spiro atoms. The lowest BCUT2D eigenvalue weighted by atomic mass is 10.1. The molecule has 1 amide bonds. The summed E-state index contributed by atoms with van der Waals surface area (Å²) in [5.41, 5.74) is 1.68. The highest BCUT2D eigenvalue weighted by Gasteiger charge is 2.11. The van der Waals surface area contributed by atoms with Crippen molar-refractivity contribution in [1.82, 2.24) is 0 Å². The maximum Gasteiger partial charge on any atom is 0.225 e. The highest BCUT2D eigenvalue weighted by molar-refractivity contribution is 7.99. The van der Waals surface area contributed by atoms with E-state index in [1.165, 1.54) is 4.90 Å². The summed E-state index contributed by atoms with van der Waals surface area (Å²) < 4.78 is 10.5. The second kappa shape index (κ2) is 8.48. The number of benzene rings is 2. The monoisotopic (exact) mass is 331 g/mol. The molecule has 0 aliphatic heterocycles. The minimum absolute atomic E-state index is 0.0104. The van der Waals surface area contributed by atoms with Crippen LogP contribution in [0.4, 0.5) is 5.69 Å². The van der Waals surface area contributed by atoms with Crippen LogP contribution in [0.3, 0.4) is 0 Å². The zero-order valence-electron chi connectivity index (χ0n) is 13.6. The molecule has 2 aromatic carbocycles. The molecule has 122 valence electrons. The average Bonchev–Trinajstić information content (AvgIpc) is 2.57. The summed E-state index contributed by atoms with van der Waals surface area (Å²) >= 11 is 1.67. The van der Waals surface area contributed by atoms with Crippen molar-refractivity contribution in [1.29, 1.82) is 0 Å². The number of aryl methyl sites for hydroxylation is 1. The molecule has 0 atom stereocenters. The molecule has 0 aliphatic carbocycles. The van der Waals surface area contributed by atoms with E-state index in [9.17, 15) is 4.79 Å². The van der Waals surface area contributed by atoms with Gasteiger partial charge in [0.05, 0.1) is 14.2 Å². The molecule has 4 nitrogen and oxygen atoms in total. The van der Waals surface area contributed by atoms with E-state index in [2.05, 4.69) is 5.32 Å². The van der Waals surface area contributed by atoms with Gasteiger partial charge in [-0.25, -0.2) is 0 Å². The van der Waals surface area contributed by atoms with Crippen molar-refractivity contribution in [2.24, 2.45) is 0 Å². The van der Waals surface area contributed by atoms with Crippen LogP contribution < -0.4 is 14.8 Å². The van der Waals surface area contributed by atoms with Crippen LogP contribution in [0.1, 0.15) is 12.0 Å². The van der Waals surface area contributed by atoms with Gasteiger partial charge in [-0.1, -0.05) is 18.2 Å². The molecule has 0 unspecified atom stereocenters. The fourth-order valence-electron chi connectivity index (χ4n) is 2.11. The maximum atomic E-state index is 12.1. The molecule has 0 saturated heterocycles. The molecule has 0 bridgehead atoms. The molecular weight excluding hydrogens is 310 g/mol. The van der Waals surface area contributed by atoms with Crippen molar-refractivity contribution in [3.8, 4) is 11.5 Å². The molecule has 0 radical (unpaired) electrons. The minimum Gasteiger partial charge on any atom is -0.493 e. The van der Waals surface area contributed by atoms with E-state index in [-0.39, 0.29) is 5.91 Å². The lowest BCUT2D eigenvalue weighted by molar-refractivity contribution is -0.115. The average molecular weight is 331 g/mol. The van der Waals surface area contributed by atoms with Gasteiger partial charge in [0.15, 0.2) is 11.5 Å². The molecule has 0 aromatic heterocycles. The van der Waals surface area contributed by atoms with Crippen molar-refractivity contribution in [2.45, 2.75) is 18.2 Å². The van der Waals surface area contributed by atoms with Crippen LogP contribution in [0.15, 0.2) is 47.4 Å². The van der Waals surface area contributed by atoms with Crippen molar-refractivity contribution >= 4 is 23.4 Å². The first-order valence-corrected chi connectivity index (χ1v) is 8.33. The van der Waals surface area contributed by atoms with E-state index in [1.807, 2.05) is 43.3 Å². The second-order valence-corrected chi connectivity index (χ2v) is 6.15. The van der Waals surface area contributed by atoms with Crippen LogP contribution >= 0.6 is 11.8 Å². The minimum atomic E-state index is -0.0104. The van der Waals surface area contributed by atoms with Gasteiger partial charge in [-0.2, -0.15) is 0 Å². The molecule has 1 N–H and O–H groups in total. The van der Waals surface area contributed by atoms with Gasteiger partial charge < -0.3 is 14.8 Å². The number of hydrogen-bond acceptors (Lipinski definition) is 4. The van der Waals surface area contributed by atoms with Crippen LogP contribution in [0.25, 0.3) is 0 Å². The number of hydrogen-bond donors (Lipinski definition) is 1. The molecule has 5 heteroatoms. The molecule has 23 heavy (non-hydrogen) atoms. The first kappa shape index (κ1) is 17.2. The second-order valence-electron chi connectivity index (χ2n) is 4.98. The molecule has 0 saturated carbocycles. The lowest BCUT2D eigenvalue weighted by Crippen LogP contribution is -2.13. The Morgan fingerprint density at radius 3 is 2.39 bits per heavy atom. The Kier molecular flexibility index (Phi) is 6.35. The summed E-state index contributed by atoms with van der Waals surface area (Å²) in [7, 11) is 3.17. The van der Waals surface area contributed by atoms with Gasteiger partial charge in [0.2, 0.25) is 5.91 Å². The Bertz CT molecular complexity index is 659. The van der Waals surface area contributed by atoms with E-state index in [1.54, 1.807) is 32.0 Å². The quantitative estimate of drug-likeness (QED) is 0.775. The number of carbonyl (C=O) groups is 1. The first-order valence-electron chi connectivity index (χ1n) is 7.34. The number of methoxy groups -OCH3 is 2. The Balaban J connectivity index is 1.92. The van der Waals surface area contributed by atoms with E-state index in [0.29, 0.717) is 17.9 Å². The summed E-state index contributed by atoms with van der Waals surface area (Å²) in [6, 6.07) is 13.7. The van der Waals surface area contributed by atoms with E-state index >= 15 is 0 Å². The SMILES string of the molecule is COc1cc(C)c(NC(=O)CCSc2ccccc2)cc1OC. The summed E-state index contributed by atoms with van der Waals surface area (Å²) in [5.74, 6) is 1.99. The number of nitrogens with one attached hydrogen (secondary N) is 1. The van der Waals surface area contributed by atoms with E-state index in [0.717, 1.165) is 17.0 Å². The standard InChI is InChI=1S/C18H21NO3S/c1-13-11-16(21-2)17(22-3)12-15(13)19-18(20)9-10-23-14-7-5-4-6-8-14/h4-8,11-12H,9-10H2,1-3H3,(H,19,20). The maximum absolute atomic E-state index is 12.1. The fraction of sp³-hybridized carbons (Fsp3) is 0.278. The normalized spacial score (nSPS) is 10.2. The zero-order chi connectivity index (χ0) is 16.7. The Labute approximate surface area is 141 Å². The van der Waals surface area contributed by atoms with Crippen LogP contribution in [0.5, 0.6) is 11.5 Å². The van der Waals surface area contributed by atoms with Crippen molar-refractivity contribution in [3.05, 3.63) is 48.0 Å². The van der Waals surface area contributed by atoms with Crippen molar-refractivity contribution in [3.63, 3.8) is 0 Å². The topological polar surface area (TPSA) is 47.6 Å². The molecule has 0 aliphatic rings. The Morgan fingerprint density at radius 2 is 1.74 bits per heavy atom. The highest BCUT2D eigenvalue weighted by atomic mass is 32.2. The summed E-state index contributed by atoms with van der Waals surface area (Å²) in [6.07, 6.45) is 0.452. The number of ether oxygens (including phenoxy) is 2. The van der Waals surface area contributed by atoms with Crippen LogP contribution in [-0.4, -0.2) is 25.9 Å². The molecule has 2 rings (SSSR count). The summed E-state index contributed by atoms with van der Waals surface area (Å²) in [4.78, 5) is 13.3. The molecule has 0 heterocycles. The smallest absolute Gasteiger partial charge is 0.225 e. The Hall–Kier alpha value is -2.14. The number of amides is 1. The third kappa shape index (κ3) is 4.93. The van der Waals surface area contributed by atoms with Crippen molar-refractivity contribution in [2.75, 3.05) is 25.3 Å². The van der Waals surface area contributed by atoms with Gasteiger partial charge in [0, 0.05) is 28.8 Å². The molecule has 0 fully saturated rings. The third-order valence-electron chi connectivity index (χ3n) is 3.35. The molecule has 2 aromatic rings. The van der Waals surface area contributed by atoms with Gasteiger partial charge in [0.1, 0.15) is 0 Å². The van der Waals surface area contributed by atoms with Gasteiger partial charge in [-0.3, -0.25) is 4.79 Å². The van der Waals surface area contributed by atoms with Crippen LogP contribution in [0, 0.1) is 6.92 Å². The first-order chi connectivity index (χ1) is 11.1. The van der Waals surface area contributed by atoms with Gasteiger partial charge >= 0.3 is 0 Å². The largest absolute Gasteiger partial charge is 0.493 e. The number of anilines is 1. The van der Waals surface area contributed by atoms with Gasteiger partial charge in [-0.15, -0.1) is 11.8 Å². The van der Waals surface area contributed by atoms with Crippen LogP contribution in [0.2, 0.25) is 0 Å². The lowest BCUT2D eigenvalue weighted by Gasteiger charge is -2.13. The number of carbonyl (C=O) groups excluding carboxylic acids is 1. The Morgan fingerprint density at radius 1 is 1.09 bits per heavy atom. The summed E-state index contributed by atoms with van der Waals surface area (Å²) in [5, 5.41) is 2.93. The third-order valence-corrected chi connectivity index (χ3v) is 4.36. The zero-order valence-corrected chi connectivity index (χ0v) is 14.4. The number of thioether (sulfide) groups is 1. The van der Waals surface area contributed by atoms with E-state index < -0.39 is 0 Å². The summed E-state index contributed by atoms with van der Waals surface area (Å²) in [6.45, 7) is 1.93.